The lowest BCUT2D eigenvalue weighted by molar-refractivity contribution is 0.0495. The molecule has 1 aliphatic rings. The molecule has 5 nitrogen and oxygen atoms in total. The molecule has 1 atom stereocenters. The van der Waals surface area contributed by atoms with Gasteiger partial charge in [0.25, 0.3) is 5.91 Å². The summed E-state index contributed by atoms with van der Waals surface area (Å²) in [7, 11) is 1.84. The molecule has 1 aliphatic heterocycles. The van der Waals surface area contributed by atoms with Gasteiger partial charge in [-0.15, -0.1) is 11.3 Å². The smallest absolute Gasteiger partial charge is 0.273 e. The van der Waals surface area contributed by atoms with Crippen molar-refractivity contribution >= 4 is 17.2 Å². The first-order chi connectivity index (χ1) is 9.08. The lowest BCUT2D eigenvalue weighted by Gasteiger charge is -2.26. The monoisotopic (exact) mass is 283 g/mol. The summed E-state index contributed by atoms with van der Waals surface area (Å²) in [6.45, 7) is 4.25. The molecule has 1 unspecified atom stereocenters. The van der Waals surface area contributed by atoms with Crippen LogP contribution >= 0.6 is 11.3 Å². The standard InChI is InChI=1S/C13H21N3O2S/c1-9(14)12-15-11(8-19-12)13(17)16(2)7-10-3-5-18-6-4-10/h8-10H,3-7,14H2,1-2H3. The summed E-state index contributed by atoms with van der Waals surface area (Å²) in [5.74, 6) is 0.517. The van der Waals surface area contributed by atoms with Crippen molar-refractivity contribution in [3.05, 3.63) is 16.1 Å². The Hall–Kier alpha value is -0.980. The molecule has 2 rings (SSSR count). The van der Waals surface area contributed by atoms with Crippen molar-refractivity contribution in [3.63, 3.8) is 0 Å². The number of carbonyl (C=O) groups excluding carboxylic acids is 1. The highest BCUT2D eigenvalue weighted by Gasteiger charge is 2.21. The molecule has 1 fully saturated rings. The second-order valence-electron chi connectivity index (χ2n) is 5.10. The van der Waals surface area contributed by atoms with Gasteiger partial charge in [-0.2, -0.15) is 0 Å². The van der Waals surface area contributed by atoms with Crippen molar-refractivity contribution in [3.8, 4) is 0 Å². The van der Waals surface area contributed by atoms with Crippen molar-refractivity contribution in [1.29, 1.82) is 0 Å². The van der Waals surface area contributed by atoms with Gasteiger partial charge in [0, 0.05) is 32.2 Å². The largest absolute Gasteiger partial charge is 0.381 e. The van der Waals surface area contributed by atoms with E-state index < -0.39 is 0 Å². The van der Waals surface area contributed by atoms with E-state index in [0.717, 1.165) is 37.6 Å². The number of thiazole rings is 1. The quantitative estimate of drug-likeness (QED) is 0.912. The summed E-state index contributed by atoms with van der Waals surface area (Å²) in [5.41, 5.74) is 6.27. The van der Waals surface area contributed by atoms with Gasteiger partial charge in [-0.3, -0.25) is 4.79 Å². The fourth-order valence-electron chi connectivity index (χ4n) is 2.19. The molecule has 0 bridgehead atoms. The topological polar surface area (TPSA) is 68.5 Å². The van der Waals surface area contributed by atoms with E-state index in [1.807, 2.05) is 14.0 Å². The maximum absolute atomic E-state index is 12.3. The maximum Gasteiger partial charge on any atom is 0.273 e. The number of nitrogens with zero attached hydrogens (tertiary/aromatic N) is 2. The van der Waals surface area contributed by atoms with Gasteiger partial charge < -0.3 is 15.4 Å². The van der Waals surface area contributed by atoms with Gasteiger partial charge in [-0.05, 0) is 25.7 Å². The van der Waals surface area contributed by atoms with Crippen LogP contribution in [0.4, 0.5) is 0 Å². The molecule has 6 heteroatoms. The first-order valence-electron chi connectivity index (χ1n) is 6.62. The summed E-state index contributed by atoms with van der Waals surface area (Å²) < 4.78 is 5.33. The molecular weight excluding hydrogens is 262 g/mol. The van der Waals surface area contributed by atoms with Crippen LogP contribution in [-0.4, -0.2) is 42.6 Å². The summed E-state index contributed by atoms with van der Waals surface area (Å²) in [4.78, 5) is 18.3. The van der Waals surface area contributed by atoms with E-state index in [9.17, 15) is 4.79 Å². The predicted octanol–water partition coefficient (Wildman–Crippen LogP) is 1.66. The minimum Gasteiger partial charge on any atom is -0.381 e. The van der Waals surface area contributed by atoms with Gasteiger partial charge >= 0.3 is 0 Å². The van der Waals surface area contributed by atoms with Crippen molar-refractivity contribution in [2.75, 3.05) is 26.8 Å². The summed E-state index contributed by atoms with van der Waals surface area (Å²) in [6.07, 6.45) is 2.06. The molecule has 0 aliphatic carbocycles. The van der Waals surface area contributed by atoms with Crippen LogP contribution in [0.1, 0.15) is 41.3 Å². The van der Waals surface area contributed by atoms with Gasteiger partial charge in [-0.1, -0.05) is 0 Å². The van der Waals surface area contributed by atoms with Gasteiger partial charge in [0.15, 0.2) is 0 Å². The van der Waals surface area contributed by atoms with Crippen LogP contribution in [-0.2, 0) is 4.74 Å². The minimum absolute atomic E-state index is 0.0189. The zero-order valence-corrected chi connectivity index (χ0v) is 12.3. The third kappa shape index (κ3) is 3.75. The van der Waals surface area contributed by atoms with Crippen LogP contribution in [0, 0.1) is 5.92 Å². The van der Waals surface area contributed by atoms with Gasteiger partial charge in [0.05, 0.1) is 6.04 Å². The zero-order valence-electron chi connectivity index (χ0n) is 11.5. The van der Waals surface area contributed by atoms with E-state index in [2.05, 4.69) is 4.98 Å². The lowest BCUT2D eigenvalue weighted by Crippen LogP contribution is -2.34. The Morgan fingerprint density at radius 2 is 2.32 bits per heavy atom. The van der Waals surface area contributed by atoms with E-state index >= 15 is 0 Å². The number of rotatable bonds is 4. The van der Waals surface area contributed by atoms with E-state index in [0.29, 0.717) is 11.6 Å². The van der Waals surface area contributed by atoms with Gasteiger partial charge in [0.2, 0.25) is 0 Å². The van der Waals surface area contributed by atoms with Crippen LogP contribution in [0.25, 0.3) is 0 Å². The average molecular weight is 283 g/mol. The third-order valence-corrected chi connectivity index (χ3v) is 4.40. The van der Waals surface area contributed by atoms with Crippen LogP contribution in [0.2, 0.25) is 0 Å². The minimum atomic E-state index is -0.118. The highest BCUT2D eigenvalue weighted by atomic mass is 32.1. The fraction of sp³-hybridized carbons (Fsp3) is 0.692. The molecule has 0 saturated carbocycles. The third-order valence-electron chi connectivity index (χ3n) is 3.35. The van der Waals surface area contributed by atoms with Crippen molar-refractivity contribution in [2.24, 2.45) is 11.7 Å². The maximum atomic E-state index is 12.3. The molecule has 1 aromatic rings. The number of hydrogen-bond donors (Lipinski definition) is 1. The second kappa shape index (κ2) is 6.45. The number of ether oxygens (including phenoxy) is 1. The molecule has 1 aromatic heterocycles. The van der Waals surface area contributed by atoms with E-state index in [4.69, 9.17) is 10.5 Å². The molecule has 106 valence electrons. The molecule has 2 heterocycles. The van der Waals surface area contributed by atoms with E-state index in [-0.39, 0.29) is 11.9 Å². The molecule has 2 N–H and O–H groups in total. The average Bonchev–Trinajstić information content (AvgIpc) is 2.88. The Balaban J connectivity index is 1.93. The summed E-state index contributed by atoms with van der Waals surface area (Å²) >= 11 is 1.45. The van der Waals surface area contributed by atoms with Crippen molar-refractivity contribution < 1.29 is 9.53 Å². The van der Waals surface area contributed by atoms with Crippen LogP contribution in [0.5, 0.6) is 0 Å². The normalized spacial score (nSPS) is 18.3. The highest BCUT2D eigenvalue weighted by Crippen LogP contribution is 2.19. The van der Waals surface area contributed by atoms with Crippen molar-refractivity contribution in [1.82, 2.24) is 9.88 Å². The SMILES string of the molecule is CC(N)c1nc(C(=O)N(C)CC2CCOCC2)cs1. The molecule has 0 aromatic carbocycles. The molecular formula is C13H21N3O2S. The fourth-order valence-corrected chi connectivity index (χ4v) is 2.94. The van der Waals surface area contributed by atoms with Gasteiger partial charge in [-0.25, -0.2) is 4.98 Å². The number of aromatic nitrogens is 1. The Labute approximate surface area is 117 Å². The molecule has 19 heavy (non-hydrogen) atoms. The number of hydrogen-bond acceptors (Lipinski definition) is 5. The van der Waals surface area contributed by atoms with Crippen molar-refractivity contribution in [2.45, 2.75) is 25.8 Å². The second-order valence-corrected chi connectivity index (χ2v) is 5.99. The Morgan fingerprint density at radius 1 is 1.63 bits per heavy atom. The Morgan fingerprint density at radius 3 is 2.89 bits per heavy atom. The van der Waals surface area contributed by atoms with E-state index in [1.165, 1.54) is 11.3 Å². The Bertz CT molecular complexity index is 427. The molecule has 0 radical (unpaired) electrons. The Kier molecular flexibility index (Phi) is 4.90. The molecule has 0 spiro atoms. The predicted molar refractivity (Wildman–Crippen MR) is 75.2 cm³/mol. The highest BCUT2D eigenvalue weighted by molar-refractivity contribution is 7.09. The number of carbonyl (C=O) groups is 1. The first-order valence-corrected chi connectivity index (χ1v) is 7.50. The van der Waals surface area contributed by atoms with Crippen LogP contribution in [0.3, 0.4) is 0 Å². The molecule has 1 amide bonds. The number of nitrogens with two attached hydrogens (primary N) is 1. The van der Waals surface area contributed by atoms with Crippen LogP contribution < -0.4 is 5.73 Å². The van der Waals surface area contributed by atoms with Crippen LogP contribution in [0.15, 0.2) is 5.38 Å². The zero-order chi connectivity index (χ0) is 13.8. The van der Waals surface area contributed by atoms with E-state index in [1.54, 1.807) is 10.3 Å². The first kappa shape index (κ1) is 14.4. The lowest BCUT2D eigenvalue weighted by atomic mass is 10.00. The molecule has 1 saturated heterocycles. The van der Waals surface area contributed by atoms with Gasteiger partial charge in [0.1, 0.15) is 10.7 Å². The summed E-state index contributed by atoms with van der Waals surface area (Å²) in [5, 5.41) is 2.60. The number of amides is 1. The summed E-state index contributed by atoms with van der Waals surface area (Å²) in [6, 6.07) is -0.118.